The maximum Gasteiger partial charge on any atom is 0.251 e. The van der Waals surface area contributed by atoms with Crippen molar-refractivity contribution in [3.8, 4) is 0 Å². The number of hydrogen-bond donors (Lipinski definition) is 3. The first-order valence-electron chi connectivity index (χ1n) is 5.29. The number of H-pyrrole nitrogens is 1. The Balaban J connectivity index is 2.22. The molecule has 0 aliphatic heterocycles. The van der Waals surface area contributed by atoms with Crippen LogP contribution in [0.4, 0.5) is 0 Å². The molecule has 0 aliphatic carbocycles. The van der Waals surface area contributed by atoms with Gasteiger partial charge in [-0.1, -0.05) is 6.07 Å². The number of rotatable bonds is 3. The molecule has 4 nitrogen and oxygen atoms in total. The van der Waals surface area contributed by atoms with E-state index in [2.05, 4.69) is 10.3 Å². The molecule has 0 spiro atoms. The zero-order valence-electron chi connectivity index (χ0n) is 9.16. The van der Waals surface area contributed by atoms with Crippen LogP contribution in [0, 0.1) is 0 Å². The van der Waals surface area contributed by atoms with Crippen LogP contribution in [0.1, 0.15) is 17.3 Å². The molecule has 1 atom stereocenters. The quantitative estimate of drug-likeness (QED) is 0.724. The zero-order valence-corrected chi connectivity index (χ0v) is 9.16. The molecule has 1 aromatic heterocycles. The zero-order chi connectivity index (χ0) is 11.5. The van der Waals surface area contributed by atoms with Crippen LogP contribution in [0.25, 0.3) is 10.9 Å². The molecule has 1 aromatic carbocycles. The summed E-state index contributed by atoms with van der Waals surface area (Å²) in [6, 6.07) is 7.54. The van der Waals surface area contributed by atoms with Crippen molar-refractivity contribution in [1.82, 2.24) is 10.3 Å². The summed E-state index contributed by atoms with van der Waals surface area (Å²) in [4.78, 5) is 14.9. The lowest BCUT2D eigenvalue weighted by Crippen LogP contribution is -2.37. The summed E-state index contributed by atoms with van der Waals surface area (Å²) in [5.41, 5.74) is 7.07. The second-order valence-corrected chi connectivity index (χ2v) is 3.89. The SMILES string of the molecule is C[C@H](CN)NC(=O)c1ccc2cc[nH]c2c1. The molecule has 1 amide bonds. The number of carbonyl (C=O) groups excluding carboxylic acids is 1. The van der Waals surface area contributed by atoms with Gasteiger partial charge in [0.15, 0.2) is 0 Å². The van der Waals surface area contributed by atoms with Crippen LogP contribution < -0.4 is 11.1 Å². The number of fused-ring (bicyclic) bond motifs is 1. The Morgan fingerprint density at radius 1 is 1.50 bits per heavy atom. The van der Waals surface area contributed by atoms with Crippen LogP contribution in [-0.2, 0) is 0 Å². The van der Waals surface area contributed by atoms with E-state index in [0.717, 1.165) is 10.9 Å². The molecular weight excluding hydrogens is 202 g/mol. The molecule has 0 unspecified atom stereocenters. The molecule has 0 saturated carbocycles. The average molecular weight is 217 g/mol. The molecule has 2 aromatic rings. The van der Waals surface area contributed by atoms with Gasteiger partial charge in [-0.15, -0.1) is 0 Å². The molecule has 0 fully saturated rings. The second-order valence-electron chi connectivity index (χ2n) is 3.89. The van der Waals surface area contributed by atoms with Crippen molar-refractivity contribution in [3.05, 3.63) is 36.0 Å². The molecule has 4 heteroatoms. The van der Waals surface area contributed by atoms with Crippen molar-refractivity contribution in [3.63, 3.8) is 0 Å². The summed E-state index contributed by atoms with van der Waals surface area (Å²) in [6.45, 7) is 2.32. The third-order valence-electron chi connectivity index (χ3n) is 2.55. The molecule has 0 saturated heterocycles. The molecule has 84 valence electrons. The van der Waals surface area contributed by atoms with Gasteiger partial charge in [-0.3, -0.25) is 4.79 Å². The van der Waals surface area contributed by atoms with E-state index in [0.29, 0.717) is 12.1 Å². The number of amides is 1. The van der Waals surface area contributed by atoms with Gasteiger partial charge in [-0.05, 0) is 30.5 Å². The monoisotopic (exact) mass is 217 g/mol. The molecule has 0 aliphatic rings. The van der Waals surface area contributed by atoms with Gasteiger partial charge in [0.25, 0.3) is 5.91 Å². The van der Waals surface area contributed by atoms with Gasteiger partial charge in [0.1, 0.15) is 0 Å². The molecule has 0 bridgehead atoms. The van der Waals surface area contributed by atoms with Crippen molar-refractivity contribution in [2.45, 2.75) is 13.0 Å². The molecule has 0 radical (unpaired) electrons. The number of nitrogens with one attached hydrogen (secondary N) is 2. The van der Waals surface area contributed by atoms with Gasteiger partial charge in [0.05, 0.1) is 0 Å². The van der Waals surface area contributed by atoms with E-state index in [1.54, 1.807) is 0 Å². The van der Waals surface area contributed by atoms with Crippen molar-refractivity contribution < 1.29 is 4.79 Å². The lowest BCUT2D eigenvalue weighted by molar-refractivity contribution is 0.0941. The third-order valence-corrected chi connectivity index (χ3v) is 2.55. The van der Waals surface area contributed by atoms with E-state index in [9.17, 15) is 4.79 Å². The molecular formula is C12H15N3O. The minimum atomic E-state index is -0.0885. The highest BCUT2D eigenvalue weighted by molar-refractivity contribution is 5.98. The first kappa shape index (κ1) is 10.7. The minimum absolute atomic E-state index is 0.00756. The molecule has 2 rings (SSSR count). The minimum Gasteiger partial charge on any atom is -0.361 e. The summed E-state index contributed by atoms with van der Waals surface area (Å²) >= 11 is 0. The van der Waals surface area contributed by atoms with Crippen molar-refractivity contribution >= 4 is 16.8 Å². The van der Waals surface area contributed by atoms with Crippen molar-refractivity contribution in [1.29, 1.82) is 0 Å². The Bertz CT molecular complexity index is 504. The van der Waals surface area contributed by atoms with E-state index < -0.39 is 0 Å². The number of benzene rings is 1. The Morgan fingerprint density at radius 2 is 2.31 bits per heavy atom. The highest BCUT2D eigenvalue weighted by atomic mass is 16.1. The maximum atomic E-state index is 11.8. The molecule has 4 N–H and O–H groups in total. The number of aromatic nitrogens is 1. The van der Waals surface area contributed by atoms with Gasteiger partial charge < -0.3 is 16.0 Å². The van der Waals surface area contributed by atoms with Gasteiger partial charge in [-0.25, -0.2) is 0 Å². The largest absolute Gasteiger partial charge is 0.361 e. The predicted octanol–water partition coefficient (Wildman–Crippen LogP) is 1.24. The summed E-state index contributed by atoms with van der Waals surface area (Å²) < 4.78 is 0. The van der Waals surface area contributed by atoms with Crippen molar-refractivity contribution in [2.75, 3.05) is 6.54 Å². The molecule has 16 heavy (non-hydrogen) atoms. The fourth-order valence-corrected chi connectivity index (χ4v) is 1.56. The standard InChI is InChI=1S/C12H15N3O/c1-8(7-13)15-12(16)10-3-2-9-4-5-14-11(9)6-10/h2-6,8,14H,7,13H2,1H3,(H,15,16)/t8-/m1/s1. The van der Waals surface area contributed by atoms with E-state index >= 15 is 0 Å². The van der Waals surface area contributed by atoms with E-state index in [1.807, 2.05) is 37.4 Å². The third kappa shape index (κ3) is 2.06. The molecule has 1 heterocycles. The Labute approximate surface area is 93.8 Å². The van der Waals surface area contributed by atoms with Crippen LogP contribution in [0.2, 0.25) is 0 Å². The van der Waals surface area contributed by atoms with Crippen LogP contribution in [0.3, 0.4) is 0 Å². The van der Waals surface area contributed by atoms with E-state index in [-0.39, 0.29) is 11.9 Å². The summed E-state index contributed by atoms with van der Waals surface area (Å²) in [5.74, 6) is -0.0885. The van der Waals surface area contributed by atoms with Crippen LogP contribution in [0.5, 0.6) is 0 Å². The van der Waals surface area contributed by atoms with Crippen LogP contribution in [0.15, 0.2) is 30.5 Å². The Hall–Kier alpha value is -1.81. The highest BCUT2D eigenvalue weighted by Gasteiger charge is 2.09. The van der Waals surface area contributed by atoms with Gasteiger partial charge >= 0.3 is 0 Å². The van der Waals surface area contributed by atoms with Gasteiger partial charge in [0, 0.05) is 29.9 Å². The normalized spacial score (nSPS) is 12.6. The summed E-state index contributed by atoms with van der Waals surface area (Å²) in [7, 11) is 0. The van der Waals surface area contributed by atoms with E-state index in [4.69, 9.17) is 5.73 Å². The van der Waals surface area contributed by atoms with Crippen LogP contribution in [-0.4, -0.2) is 23.5 Å². The topological polar surface area (TPSA) is 70.9 Å². The number of aromatic amines is 1. The summed E-state index contributed by atoms with van der Waals surface area (Å²) in [5, 5.41) is 3.93. The van der Waals surface area contributed by atoms with Gasteiger partial charge in [-0.2, -0.15) is 0 Å². The smallest absolute Gasteiger partial charge is 0.251 e. The van der Waals surface area contributed by atoms with E-state index in [1.165, 1.54) is 0 Å². The highest BCUT2D eigenvalue weighted by Crippen LogP contribution is 2.14. The fourth-order valence-electron chi connectivity index (χ4n) is 1.56. The lowest BCUT2D eigenvalue weighted by Gasteiger charge is -2.11. The average Bonchev–Trinajstić information content (AvgIpc) is 2.75. The lowest BCUT2D eigenvalue weighted by atomic mass is 10.1. The first-order chi connectivity index (χ1) is 7.70. The van der Waals surface area contributed by atoms with Crippen LogP contribution >= 0.6 is 0 Å². The predicted molar refractivity (Wildman–Crippen MR) is 64.3 cm³/mol. The Morgan fingerprint density at radius 3 is 3.06 bits per heavy atom. The summed E-state index contributed by atoms with van der Waals surface area (Å²) in [6.07, 6.45) is 1.86. The number of carbonyl (C=O) groups is 1. The number of nitrogens with two attached hydrogens (primary N) is 1. The maximum absolute atomic E-state index is 11.8. The van der Waals surface area contributed by atoms with Gasteiger partial charge in [0.2, 0.25) is 0 Å². The number of hydrogen-bond acceptors (Lipinski definition) is 2. The second kappa shape index (κ2) is 4.37. The Kier molecular flexibility index (Phi) is 2.92. The first-order valence-corrected chi connectivity index (χ1v) is 5.29. The fraction of sp³-hybridized carbons (Fsp3) is 0.250. The van der Waals surface area contributed by atoms with Crippen molar-refractivity contribution in [2.24, 2.45) is 5.73 Å².